The molecule has 1 aromatic rings. The standard InChI is InChI=1S/C11H8Cl4O2/c1-17-10(16)9-8(11(9,14)15)5-2-3-6(12)7(13)4-5/h2-4,8-9H,1H3/t8-,9+/m1/s1. The summed E-state index contributed by atoms with van der Waals surface area (Å²) in [5, 5.41) is 0.851. The number of esters is 1. The van der Waals surface area contributed by atoms with Crippen molar-refractivity contribution in [3.8, 4) is 0 Å². The highest BCUT2D eigenvalue weighted by atomic mass is 35.5. The Bertz CT molecular complexity index is 473. The van der Waals surface area contributed by atoms with E-state index in [0.29, 0.717) is 10.0 Å². The van der Waals surface area contributed by atoms with Gasteiger partial charge in [0.25, 0.3) is 0 Å². The molecule has 0 aliphatic heterocycles. The maximum Gasteiger partial charge on any atom is 0.312 e. The van der Waals surface area contributed by atoms with Gasteiger partial charge in [-0.25, -0.2) is 0 Å². The average molecular weight is 314 g/mol. The highest BCUT2D eigenvalue weighted by Crippen LogP contribution is 2.65. The van der Waals surface area contributed by atoms with Crippen molar-refractivity contribution in [1.29, 1.82) is 0 Å². The Balaban J connectivity index is 2.30. The molecule has 0 saturated heterocycles. The van der Waals surface area contributed by atoms with Crippen molar-refractivity contribution >= 4 is 52.4 Å². The number of benzene rings is 1. The van der Waals surface area contributed by atoms with E-state index in [0.717, 1.165) is 5.56 Å². The van der Waals surface area contributed by atoms with E-state index >= 15 is 0 Å². The number of ether oxygens (including phenoxy) is 1. The summed E-state index contributed by atoms with van der Waals surface area (Å²) in [6.07, 6.45) is 0. The second-order valence-electron chi connectivity index (χ2n) is 3.83. The largest absolute Gasteiger partial charge is 0.469 e. The molecule has 1 fully saturated rings. The molecule has 17 heavy (non-hydrogen) atoms. The van der Waals surface area contributed by atoms with Crippen molar-refractivity contribution in [3.05, 3.63) is 33.8 Å². The van der Waals surface area contributed by atoms with E-state index in [1.807, 2.05) is 0 Å². The van der Waals surface area contributed by atoms with Crippen LogP contribution in [0.2, 0.25) is 10.0 Å². The van der Waals surface area contributed by atoms with Crippen molar-refractivity contribution in [1.82, 2.24) is 0 Å². The molecule has 6 heteroatoms. The lowest BCUT2D eigenvalue weighted by molar-refractivity contribution is -0.142. The predicted molar refractivity (Wildman–Crippen MR) is 69.1 cm³/mol. The van der Waals surface area contributed by atoms with E-state index in [4.69, 9.17) is 46.4 Å². The molecule has 1 aliphatic carbocycles. The molecule has 92 valence electrons. The predicted octanol–water partition coefficient (Wildman–Crippen LogP) is 4.05. The molecule has 0 radical (unpaired) electrons. The van der Waals surface area contributed by atoms with Crippen LogP contribution in [0, 0.1) is 5.92 Å². The highest BCUT2D eigenvalue weighted by molar-refractivity contribution is 6.53. The summed E-state index contributed by atoms with van der Waals surface area (Å²) in [4.78, 5) is 11.5. The average Bonchev–Trinajstić information content (AvgIpc) is 2.84. The molecule has 2 rings (SSSR count). The first kappa shape index (κ1) is 13.3. The topological polar surface area (TPSA) is 26.3 Å². The van der Waals surface area contributed by atoms with Gasteiger partial charge in [0.05, 0.1) is 17.2 Å². The zero-order valence-corrected chi connectivity index (χ0v) is 11.7. The van der Waals surface area contributed by atoms with Gasteiger partial charge in [-0.05, 0) is 17.7 Å². The molecule has 0 N–H and O–H groups in total. The van der Waals surface area contributed by atoms with Crippen LogP contribution in [0.4, 0.5) is 0 Å². The molecular weight excluding hydrogens is 306 g/mol. The molecule has 0 unspecified atom stereocenters. The van der Waals surface area contributed by atoms with E-state index < -0.39 is 16.2 Å². The van der Waals surface area contributed by atoms with Crippen molar-refractivity contribution in [2.45, 2.75) is 10.3 Å². The quantitative estimate of drug-likeness (QED) is 0.608. The molecule has 1 aliphatic rings. The molecule has 0 bridgehead atoms. The molecule has 1 saturated carbocycles. The highest BCUT2D eigenvalue weighted by Gasteiger charge is 2.68. The second kappa shape index (κ2) is 4.51. The molecule has 2 atom stereocenters. The molecule has 0 spiro atoms. The maximum absolute atomic E-state index is 11.5. The van der Waals surface area contributed by atoms with E-state index in [1.165, 1.54) is 7.11 Å². The normalized spacial score (nSPS) is 25.5. The van der Waals surface area contributed by atoms with Crippen LogP contribution in [-0.4, -0.2) is 17.4 Å². The summed E-state index contributed by atoms with van der Waals surface area (Å²) in [7, 11) is 1.30. The first-order valence-electron chi connectivity index (χ1n) is 4.80. The van der Waals surface area contributed by atoms with Crippen molar-refractivity contribution in [3.63, 3.8) is 0 Å². The number of halogens is 4. The summed E-state index contributed by atoms with van der Waals surface area (Å²) < 4.78 is 3.51. The second-order valence-corrected chi connectivity index (χ2v) is 6.09. The number of hydrogen-bond donors (Lipinski definition) is 0. The van der Waals surface area contributed by atoms with Gasteiger partial charge in [0.2, 0.25) is 0 Å². The molecule has 2 nitrogen and oxygen atoms in total. The fourth-order valence-electron chi connectivity index (χ4n) is 1.87. The molecule has 0 amide bonds. The fourth-order valence-corrected chi connectivity index (χ4v) is 2.98. The number of alkyl halides is 2. The van der Waals surface area contributed by atoms with Crippen molar-refractivity contribution < 1.29 is 9.53 Å². The van der Waals surface area contributed by atoms with Gasteiger partial charge in [-0.1, -0.05) is 52.5 Å². The van der Waals surface area contributed by atoms with Crippen LogP contribution in [-0.2, 0) is 9.53 Å². The van der Waals surface area contributed by atoms with E-state index in [-0.39, 0.29) is 5.92 Å². The minimum Gasteiger partial charge on any atom is -0.469 e. The Morgan fingerprint density at radius 3 is 2.47 bits per heavy atom. The van der Waals surface area contributed by atoms with Gasteiger partial charge >= 0.3 is 5.97 Å². The molecule has 0 aromatic heterocycles. The van der Waals surface area contributed by atoms with Crippen LogP contribution < -0.4 is 0 Å². The lowest BCUT2D eigenvalue weighted by Crippen LogP contribution is -2.07. The Labute approximate surface area is 119 Å². The van der Waals surface area contributed by atoms with Gasteiger partial charge in [-0.2, -0.15) is 0 Å². The summed E-state index contributed by atoms with van der Waals surface area (Å²) in [5.41, 5.74) is 0.778. The third-order valence-corrected chi connectivity index (χ3v) is 4.49. The zero-order chi connectivity index (χ0) is 12.8. The van der Waals surface area contributed by atoms with Gasteiger partial charge in [0.1, 0.15) is 10.3 Å². The Morgan fingerprint density at radius 1 is 1.29 bits per heavy atom. The third-order valence-electron chi connectivity index (χ3n) is 2.81. The minimum absolute atomic E-state index is 0.312. The van der Waals surface area contributed by atoms with Gasteiger partial charge in [0, 0.05) is 5.92 Å². The summed E-state index contributed by atoms with van der Waals surface area (Å²) in [5.74, 6) is -1.30. The monoisotopic (exact) mass is 312 g/mol. The minimum atomic E-state index is -1.13. The molecule has 0 heterocycles. The Morgan fingerprint density at radius 2 is 1.94 bits per heavy atom. The van der Waals surface area contributed by atoms with Crippen molar-refractivity contribution in [2.24, 2.45) is 5.92 Å². The van der Waals surface area contributed by atoms with Crippen LogP contribution in [0.3, 0.4) is 0 Å². The third kappa shape index (κ3) is 2.24. The lowest BCUT2D eigenvalue weighted by atomic mass is 10.1. The first-order valence-corrected chi connectivity index (χ1v) is 6.31. The van der Waals surface area contributed by atoms with Crippen LogP contribution in [0.1, 0.15) is 11.5 Å². The fraction of sp³-hybridized carbons (Fsp3) is 0.364. The molecular formula is C11H8Cl4O2. The first-order chi connectivity index (χ1) is 7.89. The smallest absolute Gasteiger partial charge is 0.312 e. The Hall–Kier alpha value is -0.150. The van der Waals surface area contributed by atoms with Crippen LogP contribution in [0.5, 0.6) is 0 Å². The SMILES string of the molecule is COC(=O)[C@@H]1[C@@H](c2ccc(Cl)c(Cl)c2)C1(Cl)Cl. The summed E-state index contributed by atoms with van der Waals surface area (Å²) in [6, 6.07) is 5.06. The number of carbonyl (C=O) groups is 1. The van der Waals surface area contributed by atoms with E-state index in [9.17, 15) is 4.79 Å². The van der Waals surface area contributed by atoms with Gasteiger partial charge in [0.15, 0.2) is 0 Å². The number of rotatable bonds is 2. The van der Waals surface area contributed by atoms with Gasteiger partial charge in [-0.3, -0.25) is 4.79 Å². The maximum atomic E-state index is 11.5. The number of carbonyl (C=O) groups excluding carboxylic acids is 1. The van der Waals surface area contributed by atoms with Gasteiger partial charge in [-0.15, -0.1) is 0 Å². The summed E-state index contributed by atoms with van der Waals surface area (Å²) >= 11 is 23.8. The Kier molecular flexibility index (Phi) is 3.52. The summed E-state index contributed by atoms with van der Waals surface area (Å²) in [6.45, 7) is 0. The van der Waals surface area contributed by atoms with Gasteiger partial charge < -0.3 is 4.74 Å². The van der Waals surface area contributed by atoms with E-state index in [2.05, 4.69) is 4.74 Å². The zero-order valence-electron chi connectivity index (χ0n) is 8.72. The van der Waals surface area contributed by atoms with Crippen LogP contribution in [0.15, 0.2) is 18.2 Å². The lowest BCUT2D eigenvalue weighted by Gasteiger charge is -2.02. The molecule has 1 aromatic carbocycles. The van der Waals surface area contributed by atoms with Crippen molar-refractivity contribution in [2.75, 3.05) is 7.11 Å². The van der Waals surface area contributed by atoms with E-state index in [1.54, 1.807) is 18.2 Å². The number of hydrogen-bond acceptors (Lipinski definition) is 2. The van der Waals surface area contributed by atoms with Crippen LogP contribution >= 0.6 is 46.4 Å². The van der Waals surface area contributed by atoms with Crippen LogP contribution in [0.25, 0.3) is 0 Å². The number of methoxy groups -OCH3 is 1.